The molecule has 0 saturated heterocycles. The lowest BCUT2D eigenvalue weighted by Crippen LogP contribution is -1.60. The van der Waals surface area contributed by atoms with E-state index < -0.39 is 0 Å². The first kappa shape index (κ1) is 2.72. The quantitative estimate of drug-likeness (QED) is 0.317. The smallest absolute Gasteiger partial charge is 0.144 e. The molecule has 2 heteroatoms. The third-order valence-electron chi connectivity index (χ3n) is 0.236. The van der Waals surface area contributed by atoms with Gasteiger partial charge in [-0.05, 0) is 1.34 Å². The van der Waals surface area contributed by atoms with E-state index in [1.807, 2.05) is 6.92 Å². The van der Waals surface area contributed by atoms with Gasteiger partial charge in [-0.3, -0.25) is 0 Å². The minimum atomic E-state index is 0.0509. The predicted octanol–water partition coefficient (Wildman–Crippen LogP) is 0.651. The highest BCUT2D eigenvalue weighted by Gasteiger charge is 1.62. The van der Waals surface area contributed by atoms with E-state index in [0.717, 1.165) is 6.32 Å². The van der Waals surface area contributed by atoms with E-state index in [1.165, 1.54) is 0 Å². The van der Waals surface area contributed by atoms with Crippen LogP contribution in [0.25, 0.3) is 0 Å². The van der Waals surface area contributed by atoms with Crippen molar-refractivity contribution in [2.45, 2.75) is 13.2 Å². The van der Waals surface area contributed by atoms with E-state index in [1.54, 1.807) is 0 Å². The van der Waals surface area contributed by atoms with Gasteiger partial charge in [0, 0.05) is 0 Å². The van der Waals surface area contributed by atoms with Crippen molar-refractivity contribution in [2.75, 3.05) is 0 Å². The van der Waals surface area contributed by atoms with Gasteiger partial charge in [0.2, 0.25) is 0 Å². The zero-order valence-corrected chi connectivity index (χ0v) is 4.02. The van der Waals surface area contributed by atoms with Gasteiger partial charge in [0.25, 0.3) is 0 Å². The summed E-state index contributed by atoms with van der Waals surface area (Å²) in [5, 5.41) is 0. The fraction of sp³-hybridized carbons (Fsp3) is 1.00. The number of hydrogen-bond donors (Lipinski definition) is 0. The molecule has 0 aromatic carbocycles. The van der Waals surface area contributed by atoms with Gasteiger partial charge in [-0.15, -0.1) is 0 Å². The van der Waals surface area contributed by atoms with Crippen molar-refractivity contribution in [3.05, 3.63) is 0 Å². The molecule has 1 unspecified atom stereocenters. The molecule has 0 amide bonds. The summed E-state index contributed by atoms with van der Waals surface area (Å²) in [6, 6.07) is 0. The van der Waals surface area contributed by atoms with Crippen LogP contribution in [0.1, 0.15) is 6.92 Å². The van der Waals surface area contributed by atoms with Crippen LogP contribution in [0, 0.1) is 0 Å². The summed E-state index contributed by atoms with van der Waals surface area (Å²) < 4.78 is 6.79. The standard InChI is InChI=1S/C2H8BP/c1-2-3-4/h3H,2,4H2,1H3/i3D. The van der Waals surface area contributed by atoms with Crippen molar-refractivity contribution in [3.8, 4) is 0 Å². The van der Waals surface area contributed by atoms with E-state index in [4.69, 9.17) is 1.34 Å². The summed E-state index contributed by atoms with van der Waals surface area (Å²) in [5.41, 5.74) is 0. The van der Waals surface area contributed by atoms with Crippen LogP contribution >= 0.6 is 9.12 Å². The van der Waals surface area contributed by atoms with Crippen molar-refractivity contribution in [3.63, 3.8) is 0 Å². The second-order valence-corrected chi connectivity index (χ2v) is 1.12. The molecule has 0 rings (SSSR count). The summed E-state index contributed by atoms with van der Waals surface area (Å²) in [6.07, 6.45) is 0.935. The van der Waals surface area contributed by atoms with Gasteiger partial charge in [0.05, 0.1) is 0 Å². The van der Waals surface area contributed by atoms with Crippen molar-refractivity contribution in [2.24, 2.45) is 0 Å². The van der Waals surface area contributed by atoms with Crippen molar-refractivity contribution in [1.82, 2.24) is 0 Å². The zero-order chi connectivity index (χ0) is 4.28. The van der Waals surface area contributed by atoms with Gasteiger partial charge in [-0.25, -0.2) is 0 Å². The summed E-state index contributed by atoms with van der Waals surface area (Å²) in [5.74, 6) is 0. The molecule has 0 bridgehead atoms. The van der Waals surface area contributed by atoms with Crippen LogP contribution in [-0.4, -0.2) is 8.30 Å². The lowest BCUT2D eigenvalue weighted by Gasteiger charge is -1.63. The molecule has 0 saturated carbocycles. The Balaban J connectivity index is 2.54. The minimum Gasteiger partial charge on any atom is -0.175 e. The molecule has 0 aliphatic rings. The van der Waals surface area contributed by atoms with E-state index in [-0.39, 0.29) is 6.96 Å². The first-order valence-corrected chi connectivity index (χ1v) is 2.12. The maximum Gasteiger partial charge on any atom is 0.144 e. The molecule has 1 atom stereocenters. The van der Waals surface area contributed by atoms with Crippen LogP contribution in [0.15, 0.2) is 0 Å². The van der Waals surface area contributed by atoms with Gasteiger partial charge < -0.3 is 0 Å². The van der Waals surface area contributed by atoms with Crippen LogP contribution in [0.4, 0.5) is 0 Å². The molecule has 0 spiro atoms. The van der Waals surface area contributed by atoms with Crippen LogP contribution in [-0.2, 0) is 0 Å². The Morgan fingerprint density at radius 3 is 2.75 bits per heavy atom. The van der Waals surface area contributed by atoms with E-state index in [0.29, 0.717) is 0 Å². The lowest BCUT2D eigenvalue weighted by atomic mass is 10.1. The molecule has 0 heterocycles. The predicted molar refractivity (Wildman–Crippen MR) is 27.3 cm³/mol. The molecule has 0 nitrogen and oxygen atoms in total. The van der Waals surface area contributed by atoms with Crippen LogP contribution in [0.3, 0.4) is 0 Å². The molecule has 0 aliphatic heterocycles. The monoisotopic (exact) mass is 75.1 g/mol. The van der Waals surface area contributed by atoms with Gasteiger partial charge in [-0.2, -0.15) is 9.12 Å². The van der Waals surface area contributed by atoms with E-state index in [9.17, 15) is 0 Å². The largest absolute Gasteiger partial charge is 0.175 e. The third-order valence-corrected chi connectivity index (χ3v) is 0.707. The zero-order valence-electron chi connectivity index (χ0n) is 3.86. The maximum atomic E-state index is 6.79. The van der Waals surface area contributed by atoms with Gasteiger partial charge >= 0.3 is 0 Å². The first-order chi connectivity index (χ1) is 2.27. The molecule has 4 heavy (non-hydrogen) atoms. The second kappa shape index (κ2) is 3.49. The molecule has 24 valence electrons. The van der Waals surface area contributed by atoms with Gasteiger partial charge in [-0.1, -0.05) is 13.2 Å². The van der Waals surface area contributed by atoms with Crippen molar-refractivity contribution >= 4 is 16.1 Å². The second-order valence-electron chi connectivity index (χ2n) is 0.644. The Kier molecular flexibility index (Phi) is 2.37. The highest BCUT2D eigenvalue weighted by molar-refractivity contribution is 7.55. The highest BCUT2D eigenvalue weighted by atomic mass is 31.0. The van der Waals surface area contributed by atoms with Gasteiger partial charge in [0.1, 0.15) is 6.96 Å². The Morgan fingerprint density at radius 1 is 2.50 bits per heavy atom. The number of hydrogen-bond acceptors (Lipinski definition) is 0. The maximum absolute atomic E-state index is 6.79. The molecule has 0 aliphatic carbocycles. The summed E-state index contributed by atoms with van der Waals surface area (Å²) in [7, 11) is 2.40. The molecule has 0 N–H and O–H groups in total. The van der Waals surface area contributed by atoms with E-state index >= 15 is 0 Å². The number of rotatable bonds is 1. The first-order valence-electron chi connectivity index (χ1n) is 2.03. The fourth-order valence-corrected chi connectivity index (χ4v) is 0. The SMILES string of the molecule is [2H]B(P)CC. The molecular formula is C2H8BP. The van der Waals surface area contributed by atoms with E-state index in [2.05, 4.69) is 9.12 Å². The lowest BCUT2D eigenvalue weighted by molar-refractivity contribution is 1.48. The van der Waals surface area contributed by atoms with Crippen LogP contribution in [0.5, 0.6) is 0 Å². The van der Waals surface area contributed by atoms with Gasteiger partial charge in [0.15, 0.2) is 0 Å². The summed E-state index contributed by atoms with van der Waals surface area (Å²) in [6.45, 7) is 2.04. The molecule has 0 fully saturated rings. The minimum absolute atomic E-state index is 0.0509. The Hall–Kier alpha value is 0.495. The topological polar surface area (TPSA) is 0 Å². The molecule has 0 radical (unpaired) electrons. The fourth-order valence-electron chi connectivity index (χ4n) is 0. The van der Waals surface area contributed by atoms with Crippen LogP contribution < -0.4 is 0 Å². The Bertz CT molecular complexity index is 23.6. The highest BCUT2D eigenvalue weighted by Crippen LogP contribution is 1.77. The van der Waals surface area contributed by atoms with Crippen molar-refractivity contribution < 1.29 is 0 Å². The molecule has 0 aromatic rings. The van der Waals surface area contributed by atoms with Crippen molar-refractivity contribution in [1.29, 1.82) is 1.34 Å². The molecule has 0 aromatic heterocycles. The van der Waals surface area contributed by atoms with Crippen LogP contribution in [0.2, 0.25) is 6.32 Å². The Morgan fingerprint density at radius 2 is 2.75 bits per heavy atom. The Labute approximate surface area is 31.7 Å². The summed E-state index contributed by atoms with van der Waals surface area (Å²) >= 11 is 0. The third kappa shape index (κ3) is 2.49. The molecular weight excluding hydrogens is 65.8 g/mol. The average molecular weight is 74.9 g/mol. The average Bonchev–Trinajstić information content (AvgIpc) is 1.38. The summed E-state index contributed by atoms with van der Waals surface area (Å²) in [4.78, 5) is 0. The normalized spacial score (nSPS) is 10.0.